The first-order chi connectivity index (χ1) is 25.0. The lowest BCUT2D eigenvalue weighted by Gasteiger charge is -2.31. The first-order valence-electron chi connectivity index (χ1n) is 17.9. The van der Waals surface area contributed by atoms with E-state index in [0.29, 0.717) is 0 Å². The van der Waals surface area contributed by atoms with Gasteiger partial charge in [0.05, 0.1) is 5.69 Å². The molecule has 0 radical (unpaired) electrons. The van der Waals surface area contributed by atoms with E-state index in [1.165, 1.54) is 72.0 Å². The average Bonchev–Trinajstić information content (AvgIpc) is 3.41. The second-order valence-electron chi connectivity index (χ2n) is 14.2. The van der Waals surface area contributed by atoms with E-state index in [2.05, 4.69) is 208 Å². The molecule has 0 amide bonds. The zero-order chi connectivity index (χ0) is 34.5. The summed E-state index contributed by atoms with van der Waals surface area (Å²) in [5, 5.41) is 2.48. The Morgan fingerprint density at radius 3 is 1.69 bits per heavy atom. The van der Waals surface area contributed by atoms with Crippen LogP contribution in [0.2, 0.25) is 0 Å². The fourth-order valence-electron chi connectivity index (χ4n) is 8.13. The van der Waals surface area contributed by atoms with Gasteiger partial charge in [0.1, 0.15) is 0 Å². The minimum absolute atomic E-state index is 0.106. The third-order valence-corrected chi connectivity index (χ3v) is 10.8. The highest BCUT2D eigenvalue weighted by Gasteiger charge is 2.36. The maximum atomic E-state index is 2.47. The van der Waals surface area contributed by atoms with Crippen LogP contribution in [0, 0.1) is 6.92 Å². The predicted molar refractivity (Wildman–Crippen MR) is 217 cm³/mol. The van der Waals surface area contributed by atoms with Gasteiger partial charge in [-0.25, -0.2) is 0 Å². The second kappa shape index (κ2) is 12.3. The molecule has 8 aromatic rings. The Morgan fingerprint density at radius 1 is 0.412 bits per heavy atom. The van der Waals surface area contributed by atoms with Crippen molar-refractivity contribution in [1.82, 2.24) is 0 Å². The lowest BCUT2D eigenvalue weighted by molar-refractivity contribution is 0.660. The topological polar surface area (TPSA) is 3.24 Å². The van der Waals surface area contributed by atoms with Crippen LogP contribution in [0.5, 0.6) is 0 Å². The number of fused-ring (bicyclic) bond motifs is 4. The molecule has 0 unspecified atom stereocenters. The third-order valence-electron chi connectivity index (χ3n) is 10.8. The van der Waals surface area contributed by atoms with Gasteiger partial charge in [-0.1, -0.05) is 166 Å². The molecule has 244 valence electrons. The van der Waals surface area contributed by atoms with E-state index in [9.17, 15) is 0 Å². The number of hydrogen-bond acceptors (Lipinski definition) is 1. The van der Waals surface area contributed by atoms with Crippen LogP contribution in [-0.2, 0) is 5.41 Å². The Hall–Kier alpha value is -6.18. The van der Waals surface area contributed by atoms with E-state index in [-0.39, 0.29) is 5.41 Å². The first-order valence-corrected chi connectivity index (χ1v) is 17.9. The van der Waals surface area contributed by atoms with Gasteiger partial charge >= 0.3 is 0 Å². The molecule has 1 heteroatoms. The number of hydrogen-bond donors (Lipinski definition) is 0. The Balaban J connectivity index is 1.22. The molecule has 1 aliphatic rings. The zero-order valence-corrected chi connectivity index (χ0v) is 29.3. The summed E-state index contributed by atoms with van der Waals surface area (Å²) in [7, 11) is 0. The minimum Gasteiger partial charge on any atom is -0.310 e. The molecule has 1 nitrogen and oxygen atoms in total. The summed E-state index contributed by atoms with van der Waals surface area (Å²) in [6.45, 7) is 6.94. The number of rotatable bonds is 6. The molecule has 0 bridgehead atoms. The van der Waals surface area contributed by atoms with Gasteiger partial charge in [-0.2, -0.15) is 0 Å². The maximum Gasteiger partial charge on any atom is 0.0546 e. The fraction of sp³-hybridized carbons (Fsp3) is 0.0800. The number of benzene rings is 8. The van der Waals surface area contributed by atoms with Crippen molar-refractivity contribution < 1.29 is 0 Å². The van der Waals surface area contributed by atoms with Gasteiger partial charge in [-0.15, -0.1) is 0 Å². The van der Waals surface area contributed by atoms with Crippen LogP contribution in [0.4, 0.5) is 17.1 Å². The van der Waals surface area contributed by atoms with Crippen molar-refractivity contribution in [3.63, 3.8) is 0 Å². The van der Waals surface area contributed by atoms with Crippen molar-refractivity contribution in [2.45, 2.75) is 26.2 Å². The number of anilines is 3. The Morgan fingerprint density at radius 2 is 0.961 bits per heavy atom. The lowest BCUT2D eigenvalue weighted by atomic mass is 9.82. The molecule has 51 heavy (non-hydrogen) atoms. The van der Waals surface area contributed by atoms with Gasteiger partial charge in [0, 0.05) is 22.4 Å². The fourth-order valence-corrected chi connectivity index (χ4v) is 8.13. The molecule has 0 fully saturated rings. The molecular formula is C50H39N. The maximum absolute atomic E-state index is 2.47. The monoisotopic (exact) mass is 653 g/mol. The van der Waals surface area contributed by atoms with Crippen LogP contribution in [0.3, 0.4) is 0 Å². The summed E-state index contributed by atoms with van der Waals surface area (Å²) in [5.41, 5.74) is 17.4. The van der Waals surface area contributed by atoms with E-state index in [1.807, 2.05) is 0 Å². The van der Waals surface area contributed by atoms with E-state index < -0.39 is 0 Å². The summed E-state index contributed by atoms with van der Waals surface area (Å²) in [4.78, 5) is 2.47. The van der Waals surface area contributed by atoms with Gasteiger partial charge < -0.3 is 4.90 Å². The predicted octanol–water partition coefficient (Wildman–Crippen LogP) is 13.9. The summed E-state index contributed by atoms with van der Waals surface area (Å²) < 4.78 is 0. The molecule has 0 saturated carbocycles. The van der Waals surface area contributed by atoms with E-state index in [1.54, 1.807) is 0 Å². The standard InChI is InChI=1S/C50H39N/c1-34-13-7-9-17-42(34)49-43-18-10-8-16-39(43)27-32-48(49)51(41-30-31-45-44-19-11-12-20-46(44)50(2,3)47(45)33-41)40-28-25-38(26-29-40)37-23-21-36(22-24-37)35-14-5-4-6-15-35/h4-33H,1-3H3. The van der Waals surface area contributed by atoms with Gasteiger partial charge in [0.2, 0.25) is 0 Å². The molecule has 0 saturated heterocycles. The summed E-state index contributed by atoms with van der Waals surface area (Å²) in [5.74, 6) is 0. The molecule has 8 aromatic carbocycles. The average molecular weight is 654 g/mol. The van der Waals surface area contributed by atoms with Crippen molar-refractivity contribution >= 4 is 27.8 Å². The van der Waals surface area contributed by atoms with E-state index >= 15 is 0 Å². The first kappa shape index (κ1) is 30.8. The molecule has 0 heterocycles. The Labute approximate surface area is 301 Å². The third kappa shape index (κ3) is 5.25. The van der Waals surface area contributed by atoms with Crippen molar-refractivity contribution in [2.75, 3.05) is 4.90 Å². The van der Waals surface area contributed by atoms with Gasteiger partial charge in [0.15, 0.2) is 0 Å². The normalized spacial score (nSPS) is 12.8. The number of nitrogens with zero attached hydrogens (tertiary/aromatic N) is 1. The highest BCUT2D eigenvalue weighted by molar-refractivity contribution is 6.06. The molecule has 0 atom stereocenters. The van der Waals surface area contributed by atoms with Crippen LogP contribution in [-0.4, -0.2) is 0 Å². The van der Waals surface area contributed by atoms with Crippen LogP contribution in [0.1, 0.15) is 30.5 Å². The highest BCUT2D eigenvalue weighted by Crippen LogP contribution is 2.52. The van der Waals surface area contributed by atoms with Crippen LogP contribution in [0.25, 0.3) is 55.3 Å². The van der Waals surface area contributed by atoms with Crippen molar-refractivity contribution in [1.29, 1.82) is 0 Å². The number of aryl methyl sites for hydroxylation is 1. The second-order valence-corrected chi connectivity index (χ2v) is 14.2. The molecule has 9 rings (SSSR count). The largest absolute Gasteiger partial charge is 0.310 e. The molecular weight excluding hydrogens is 615 g/mol. The minimum atomic E-state index is -0.106. The van der Waals surface area contributed by atoms with Gasteiger partial charge in [-0.3, -0.25) is 0 Å². The Bertz CT molecular complexity index is 2540. The smallest absolute Gasteiger partial charge is 0.0546 e. The molecule has 0 aromatic heterocycles. The van der Waals surface area contributed by atoms with Crippen LogP contribution in [0.15, 0.2) is 182 Å². The van der Waals surface area contributed by atoms with Gasteiger partial charge in [0.25, 0.3) is 0 Å². The molecule has 0 aliphatic heterocycles. The summed E-state index contributed by atoms with van der Waals surface area (Å²) in [6.07, 6.45) is 0. The molecule has 0 spiro atoms. The molecule has 0 N–H and O–H groups in total. The summed E-state index contributed by atoms with van der Waals surface area (Å²) in [6, 6.07) is 66.7. The van der Waals surface area contributed by atoms with E-state index in [0.717, 1.165) is 17.1 Å². The SMILES string of the molecule is Cc1ccccc1-c1c(N(c2ccc(-c3ccc(-c4ccccc4)cc3)cc2)c2ccc3c(c2)C(C)(C)c2ccccc2-3)ccc2ccccc12. The van der Waals surface area contributed by atoms with Crippen molar-refractivity contribution in [3.8, 4) is 44.5 Å². The highest BCUT2D eigenvalue weighted by atomic mass is 15.1. The van der Waals surface area contributed by atoms with Gasteiger partial charge in [-0.05, 0) is 104 Å². The zero-order valence-electron chi connectivity index (χ0n) is 29.3. The Kier molecular flexibility index (Phi) is 7.44. The van der Waals surface area contributed by atoms with Crippen molar-refractivity contribution in [3.05, 3.63) is 199 Å². The quantitative estimate of drug-likeness (QED) is 0.173. The molecule has 1 aliphatic carbocycles. The van der Waals surface area contributed by atoms with Crippen LogP contribution < -0.4 is 4.90 Å². The van der Waals surface area contributed by atoms with E-state index in [4.69, 9.17) is 0 Å². The van der Waals surface area contributed by atoms with Crippen LogP contribution >= 0.6 is 0 Å². The lowest BCUT2D eigenvalue weighted by Crippen LogP contribution is -2.17. The summed E-state index contributed by atoms with van der Waals surface area (Å²) >= 11 is 0. The van der Waals surface area contributed by atoms with Crippen molar-refractivity contribution in [2.24, 2.45) is 0 Å².